The van der Waals surface area contributed by atoms with Gasteiger partial charge in [-0.05, 0) is 33.7 Å². The van der Waals surface area contributed by atoms with Gasteiger partial charge < -0.3 is 18.3 Å². The Bertz CT molecular complexity index is 357. The average molecular weight is 292 g/mol. The van der Waals surface area contributed by atoms with E-state index in [0.29, 0.717) is 37.9 Å². The van der Waals surface area contributed by atoms with Crippen LogP contribution in [0, 0.1) is 11.3 Å². The van der Waals surface area contributed by atoms with Gasteiger partial charge in [-0.1, -0.05) is 13.8 Å². The molecule has 1 aliphatic carbocycles. The Hall–Kier alpha value is 0.570. The van der Waals surface area contributed by atoms with E-state index in [0.717, 1.165) is 6.42 Å². The molecule has 0 aromatic heterocycles. The lowest BCUT2D eigenvalue weighted by Gasteiger charge is -2.37. The van der Waals surface area contributed by atoms with Gasteiger partial charge in [0.05, 0.1) is 32.0 Å². The molecule has 18 heavy (non-hydrogen) atoms. The Morgan fingerprint density at radius 3 is 2.61 bits per heavy atom. The summed E-state index contributed by atoms with van der Waals surface area (Å²) in [5, 5.41) is 0. The average Bonchev–Trinajstić information content (AvgIpc) is 3.10. The third-order valence-electron chi connectivity index (χ3n) is 3.84. The Labute approximate surface area is 111 Å². The topological polar surface area (TPSA) is 40.2 Å². The van der Waals surface area contributed by atoms with Gasteiger partial charge in [-0.3, -0.25) is 0 Å². The van der Waals surface area contributed by atoms with Crippen LogP contribution in [0.4, 0.5) is 0 Å². The molecule has 0 N–H and O–H groups in total. The molecule has 3 fully saturated rings. The van der Waals surface area contributed by atoms with Crippen LogP contribution >= 0.6 is 15.8 Å². The zero-order valence-electron chi connectivity index (χ0n) is 11.1. The van der Waals surface area contributed by atoms with Gasteiger partial charge in [0.1, 0.15) is 0 Å². The lowest BCUT2D eigenvalue weighted by atomic mass is 9.90. The molecule has 3 rings (SSSR count). The van der Waals surface area contributed by atoms with Gasteiger partial charge in [-0.15, -0.1) is 0 Å². The van der Waals surface area contributed by atoms with Crippen LogP contribution < -0.4 is 0 Å². The molecule has 4 nitrogen and oxygen atoms in total. The Balaban J connectivity index is 1.46. The Kier molecular flexibility index (Phi) is 3.64. The smallest absolute Gasteiger partial charge is 0.276 e. The molecule has 0 amide bonds. The standard InChI is InChI=1S/C12H22O4P2/c1-12(2)7-14-18(17,15-8-12)13-6-9-3-4-10-11(5-9)16-10/h9-11,17H,3-8H2,1-2H3. The first-order valence-electron chi connectivity index (χ1n) is 6.69. The van der Waals surface area contributed by atoms with E-state index in [2.05, 4.69) is 22.4 Å². The molecule has 2 saturated heterocycles. The van der Waals surface area contributed by atoms with Gasteiger partial charge >= 0.3 is 0 Å². The normalized spacial score (nSPS) is 41.1. The quantitative estimate of drug-likeness (QED) is 0.590. The summed E-state index contributed by atoms with van der Waals surface area (Å²) in [5.74, 6) is 0.587. The highest BCUT2D eigenvalue weighted by Crippen LogP contribution is 2.59. The summed E-state index contributed by atoms with van der Waals surface area (Å²) in [4.78, 5) is 0. The lowest BCUT2D eigenvalue weighted by molar-refractivity contribution is 0.0204. The number of hydrogen-bond donors (Lipinski definition) is 0. The van der Waals surface area contributed by atoms with Crippen LogP contribution in [-0.4, -0.2) is 32.0 Å². The predicted molar refractivity (Wildman–Crippen MR) is 72.9 cm³/mol. The van der Waals surface area contributed by atoms with Crippen LogP contribution in [-0.2, 0) is 18.3 Å². The summed E-state index contributed by atoms with van der Waals surface area (Å²) in [5.41, 5.74) is 0.0828. The lowest BCUT2D eigenvalue weighted by Crippen LogP contribution is -2.30. The molecule has 104 valence electrons. The van der Waals surface area contributed by atoms with E-state index in [1.165, 1.54) is 12.8 Å². The first-order valence-corrected chi connectivity index (χ1v) is 9.57. The Morgan fingerprint density at radius 2 is 1.94 bits per heavy atom. The highest BCUT2D eigenvalue weighted by molar-refractivity contribution is 7.89. The van der Waals surface area contributed by atoms with Crippen molar-refractivity contribution < 1.29 is 18.3 Å². The maximum absolute atomic E-state index is 5.89. The monoisotopic (exact) mass is 292 g/mol. The van der Waals surface area contributed by atoms with E-state index < -0.39 is 7.23 Å². The summed E-state index contributed by atoms with van der Waals surface area (Å²) < 4.78 is 22.9. The maximum atomic E-state index is 5.89. The molecule has 6 heteroatoms. The number of rotatable bonds is 3. The molecule has 0 radical (unpaired) electrons. The van der Waals surface area contributed by atoms with Crippen molar-refractivity contribution in [1.82, 2.24) is 0 Å². The molecule has 3 aliphatic rings. The number of epoxide rings is 1. The fourth-order valence-corrected chi connectivity index (χ4v) is 4.80. The molecule has 1 saturated carbocycles. The first-order chi connectivity index (χ1) is 8.46. The third kappa shape index (κ3) is 3.17. The second-order valence-corrected chi connectivity index (χ2v) is 9.81. The molecule has 0 aromatic rings. The SMILES string of the molecule is CC1(C)COP(=P)(OCC2CCC3OC3C2)OC1. The number of ether oxygens (including phenoxy) is 1. The highest BCUT2D eigenvalue weighted by Gasteiger charge is 2.44. The molecule has 0 bridgehead atoms. The maximum Gasteiger partial charge on any atom is 0.276 e. The summed E-state index contributed by atoms with van der Waals surface area (Å²) in [6.07, 6.45) is 4.56. The summed E-state index contributed by atoms with van der Waals surface area (Å²) in [7, 11) is 1.32. The molecule has 3 unspecified atom stereocenters. The van der Waals surface area contributed by atoms with E-state index in [1.807, 2.05) is 0 Å². The van der Waals surface area contributed by atoms with E-state index in [4.69, 9.17) is 18.3 Å². The van der Waals surface area contributed by atoms with Crippen LogP contribution in [0.3, 0.4) is 0 Å². The van der Waals surface area contributed by atoms with Crippen molar-refractivity contribution >= 4 is 15.8 Å². The van der Waals surface area contributed by atoms with Crippen LogP contribution in [0.1, 0.15) is 33.1 Å². The Morgan fingerprint density at radius 1 is 1.22 bits per heavy atom. The largest absolute Gasteiger partial charge is 0.370 e. The zero-order chi connectivity index (χ0) is 12.8. The molecule has 3 atom stereocenters. The van der Waals surface area contributed by atoms with E-state index >= 15 is 0 Å². The first kappa shape index (κ1) is 13.5. The van der Waals surface area contributed by atoms with Crippen molar-refractivity contribution in [2.75, 3.05) is 19.8 Å². The summed E-state index contributed by atoms with van der Waals surface area (Å²) >= 11 is 0. The van der Waals surface area contributed by atoms with Gasteiger partial charge in [0, 0.05) is 5.41 Å². The molecule has 0 spiro atoms. The van der Waals surface area contributed by atoms with Crippen LogP contribution in [0.25, 0.3) is 0 Å². The van der Waals surface area contributed by atoms with Crippen molar-refractivity contribution in [3.63, 3.8) is 0 Å². The molecular weight excluding hydrogens is 270 g/mol. The molecule has 0 aromatic carbocycles. The van der Waals surface area contributed by atoms with Crippen molar-refractivity contribution in [2.24, 2.45) is 11.3 Å². The van der Waals surface area contributed by atoms with Gasteiger partial charge in [0.15, 0.2) is 0 Å². The number of fused-ring (bicyclic) bond motifs is 1. The fraction of sp³-hybridized carbons (Fsp3) is 1.00. The van der Waals surface area contributed by atoms with Crippen molar-refractivity contribution in [1.29, 1.82) is 0 Å². The predicted octanol–water partition coefficient (Wildman–Crippen LogP) is 3.46. The van der Waals surface area contributed by atoms with Gasteiger partial charge in [-0.25, -0.2) is 0 Å². The molecular formula is C12H22O4P2. The second-order valence-electron chi connectivity index (χ2n) is 6.40. The van der Waals surface area contributed by atoms with Crippen molar-refractivity contribution in [2.45, 2.75) is 45.3 Å². The second kappa shape index (κ2) is 4.84. The van der Waals surface area contributed by atoms with Gasteiger partial charge in [0.25, 0.3) is 7.23 Å². The van der Waals surface area contributed by atoms with Gasteiger partial charge in [0.2, 0.25) is 0 Å². The van der Waals surface area contributed by atoms with Crippen LogP contribution in [0.5, 0.6) is 0 Å². The van der Waals surface area contributed by atoms with Crippen molar-refractivity contribution in [3.8, 4) is 0 Å². The van der Waals surface area contributed by atoms with Crippen LogP contribution in [0.15, 0.2) is 0 Å². The minimum Gasteiger partial charge on any atom is -0.370 e. The number of hydrogen-bond acceptors (Lipinski definition) is 4. The fourth-order valence-electron chi connectivity index (χ4n) is 2.51. The minimum absolute atomic E-state index is 0.0828. The van der Waals surface area contributed by atoms with E-state index in [9.17, 15) is 0 Å². The van der Waals surface area contributed by atoms with Gasteiger partial charge in [-0.2, -0.15) is 0 Å². The third-order valence-corrected chi connectivity index (χ3v) is 6.43. The van der Waals surface area contributed by atoms with Crippen LogP contribution in [0.2, 0.25) is 0 Å². The summed E-state index contributed by atoms with van der Waals surface area (Å²) in [6, 6.07) is 0. The molecule has 2 heterocycles. The van der Waals surface area contributed by atoms with E-state index in [1.54, 1.807) is 0 Å². The minimum atomic E-state index is -2.25. The molecule has 2 aliphatic heterocycles. The van der Waals surface area contributed by atoms with Crippen molar-refractivity contribution in [3.05, 3.63) is 0 Å². The highest BCUT2D eigenvalue weighted by atomic mass is 31.8. The summed E-state index contributed by atoms with van der Waals surface area (Å²) in [6.45, 7) is 6.35. The zero-order valence-corrected chi connectivity index (χ0v) is 12.9. The van der Waals surface area contributed by atoms with E-state index in [-0.39, 0.29) is 5.41 Å².